The predicted molar refractivity (Wildman–Crippen MR) is 187 cm³/mol. The average molecular weight is 712 g/mol. The Morgan fingerprint density at radius 2 is 1.83 bits per heavy atom. The molecule has 4 aromatic rings. The van der Waals surface area contributed by atoms with Crippen molar-refractivity contribution in [3.05, 3.63) is 98.7 Å². The SMILES string of the molecule is Cc1cc(C)c2cccc(OCc3c(Cl)ccc(S(=O)(=O)N4CCC[C@H]4C(=O)NCCCNC(=O)c4ccc(C=NN)cc4)c3Cl)c2n1. The number of nitrogens with zero attached hydrogens (tertiary/aromatic N) is 3. The molecular formula is C34H36Cl2N6O5S. The van der Waals surface area contributed by atoms with E-state index in [1.165, 1.54) is 22.7 Å². The quantitative estimate of drug-likeness (QED) is 0.0798. The number of nitrogens with two attached hydrogens (primary N) is 1. The highest BCUT2D eigenvalue weighted by Gasteiger charge is 2.40. The lowest BCUT2D eigenvalue weighted by Gasteiger charge is -2.24. The van der Waals surface area contributed by atoms with Gasteiger partial charge in [-0.2, -0.15) is 9.41 Å². The number of hydrogen-bond acceptors (Lipinski definition) is 8. The molecule has 0 unspecified atom stereocenters. The summed E-state index contributed by atoms with van der Waals surface area (Å²) in [6, 6.07) is 16.3. The molecule has 1 aliphatic heterocycles. The van der Waals surface area contributed by atoms with Gasteiger partial charge in [-0.15, -0.1) is 0 Å². The van der Waals surface area contributed by atoms with Gasteiger partial charge < -0.3 is 21.2 Å². The number of carbonyl (C=O) groups excluding carboxylic acids is 2. The molecule has 0 aliphatic carbocycles. The molecule has 11 nitrogen and oxygen atoms in total. The van der Waals surface area contributed by atoms with Gasteiger partial charge in [-0.05, 0) is 80.6 Å². The second-order valence-electron chi connectivity index (χ2n) is 11.4. The lowest BCUT2D eigenvalue weighted by atomic mass is 10.1. The van der Waals surface area contributed by atoms with E-state index in [4.69, 9.17) is 33.8 Å². The first kappa shape index (κ1) is 35.1. The van der Waals surface area contributed by atoms with Gasteiger partial charge in [0.05, 0.1) is 11.2 Å². The number of aryl methyl sites for hydroxylation is 2. The zero-order valence-corrected chi connectivity index (χ0v) is 28.8. The topological polar surface area (TPSA) is 156 Å². The summed E-state index contributed by atoms with van der Waals surface area (Å²) in [4.78, 5) is 30.0. The van der Waals surface area contributed by atoms with Crippen molar-refractivity contribution in [3.8, 4) is 5.75 Å². The van der Waals surface area contributed by atoms with Crippen molar-refractivity contribution >= 4 is 62.2 Å². The minimum atomic E-state index is -4.17. The molecule has 2 heterocycles. The third-order valence-electron chi connectivity index (χ3n) is 8.09. The molecule has 1 fully saturated rings. The van der Waals surface area contributed by atoms with Gasteiger partial charge in [-0.25, -0.2) is 13.4 Å². The van der Waals surface area contributed by atoms with Gasteiger partial charge in [0.15, 0.2) is 0 Å². The van der Waals surface area contributed by atoms with Crippen molar-refractivity contribution < 1.29 is 22.7 Å². The predicted octanol–water partition coefficient (Wildman–Crippen LogP) is 5.12. The van der Waals surface area contributed by atoms with E-state index in [9.17, 15) is 18.0 Å². The normalized spacial score (nSPS) is 15.2. The Kier molecular flexibility index (Phi) is 11.2. The van der Waals surface area contributed by atoms with Crippen LogP contribution < -0.4 is 21.2 Å². The summed E-state index contributed by atoms with van der Waals surface area (Å²) >= 11 is 13.2. The summed E-state index contributed by atoms with van der Waals surface area (Å²) in [5.41, 5.74) is 4.14. The van der Waals surface area contributed by atoms with Crippen LogP contribution in [0.15, 0.2) is 70.7 Å². The molecular weight excluding hydrogens is 675 g/mol. The summed E-state index contributed by atoms with van der Waals surface area (Å²) in [5.74, 6) is 4.99. The molecule has 252 valence electrons. The molecule has 1 aliphatic rings. The molecule has 1 atom stereocenters. The number of benzene rings is 3. The standard InChI is InChI=1S/C34H36Cl2N6O5S/c1-21-18-22(2)41-32-25(21)6-3-8-29(32)47-20-26-27(35)13-14-30(31(26)36)48(45,46)42-17-4-7-28(42)34(44)39-16-5-15-38-33(43)24-11-9-23(10-12-24)19-40-37/h3,6,8-14,18-19,28H,4-5,7,15-17,20,37H2,1-2H3,(H,38,43)(H,39,44)/t28-/m0/s1. The van der Waals surface area contributed by atoms with Crippen molar-refractivity contribution in [2.75, 3.05) is 19.6 Å². The van der Waals surface area contributed by atoms with Crippen molar-refractivity contribution in [2.24, 2.45) is 10.9 Å². The van der Waals surface area contributed by atoms with Crippen LogP contribution in [0.4, 0.5) is 0 Å². The highest BCUT2D eigenvalue weighted by atomic mass is 35.5. The van der Waals surface area contributed by atoms with E-state index in [1.807, 2.05) is 32.0 Å². The van der Waals surface area contributed by atoms with Crippen LogP contribution in [-0.2, 0) is 21.4 Å². The van der Waals surface area contributed by atoms with E-state index in [1.54, 1.807) is 30.3 Å². The maximum Gasteiger partial charge on any atom is 0.251 e. The van der Waals surface area contributed by atoms with E-state index in [2.05, 4.69) is 20.7 Å². The molecule has 0 bridgehead atoms. The number of pyridine rings is 1. The van der Waals surface area contributed by atoms with Crippen molar-refractivity contribution in [1.82, 2.24) is 19.9 Å². The molecule has 2 amide bonds. The van der Waals surface area contributed by atoms with Gasteiger partial charge >= 0.3 is 0 Å². The minimum Gasteiger partial charge on any atom is -0.487 e. The highest BCUT2D eigenvalue weighted by Crippen LogP contribution is 2.36. The lowest BCUT2D eigenvalue weighted by Crippen LogP contribution is -2.46. The third-order valence-corrected chi connectivity index (χ3v) is 10.9. The maximum absolute atomic E-state index is 13.9. The number of hydrazone groups is 1. The van der Waals surface area contributed by atoms with Crippen LogP contribution >= 0.6 is 23.2 Å². The van der Waals surface area contributed by atoms with E-state index in [0.29, 0.717) is 48.2 Å². The molecule has 3 aromatic carbocycles. The summed E-state index contributed by atoms with van der Waals surface area (Å²) < 4.78 is 35.1. The number of amides is 2. The van der Waals surface area contributed by atoms with Crippen molar-refractivity contribution in [1.29, 1.82) is 0 Å². The zero-order valence-electron chi connectivity index (χ0n) is 26.5. The molecule has 1 saturated heterocycles. The van der Waals surface area contributed by atoms with Gasteiger partial charge in [0.25, 0.3) is 5.91 Å². The Morgan fingerprint density at radius 3 is 2.58 bits per heavy atom. The van der Waals surface area contributed by atoms with Gasteiger partial charge in [-0.1, -0.05) is 47.5 Å². The minimum absolute atomic E-state index is 0.0630. The highest BCUT2D eigenvalue weighted by molar-refractivity contribution is 7.89. The summed E-state index contributed by atoms with van der Waals surface area (Å²) in [6.45, 7) is 4.54. The Morgan fingerprint density at radius 1 is 1.08 bits per heavy atom. The number of hydrogen-bond donors (Lipinski definition) is 3. The number of ether oxygens (including phenoxy) is 1. The molecule has 0 radical (unpaired) electrons. The van der Waals surface area contributed by atoms with Crippen LogP contribution in [0.1, 0.15) is 52.0 Å². The molecule has 5 rings (SSSR count). The summed E-state index contributed by atoms with van der Waals surface area (Å²) in [7, 11) is -4.17. The zero-order chi connectivity index (χ0) is 34.4. The second kappa shape index (κ2) is 15.3. The van der Waals surface area contributed by atoms with Crippen LogP contribution in [0.25, 0.3) is 10.9 Å². The number of sulfonamides is 1. The fraction of sp³-hybridized carbons (Fsp3) is 0.294. The monoisotopic (exact) mass is 710 g/mol. The summed E-state index contributed by atoms with van der Waals surface area (Å²) in [5, 5.41) is 10.2. The number of halogens is 2. The summed E-state index contributed by atoms with van der Waals surface area (Å²) in [6.07, 6.45) is 2.80. The smallest absolute Gasteiger partial charge is 0.251 e. The molecule has 0 saturated carbocycles. The first-order valence-corrected chi connectivity index (χ1v) is 17.6. The van der Waals surface area contributed by atoms with Crippen LogP contribution in [0.5, 0.6) is 5.75 Å². The van der Waals surface area contributed by atoms with Gasteiger partial charge in [-0.3, -0.25) is 9.59 Å². The fourth-order valence-corrected chi connectivity index (χ4v) is 8.19. The molecule has 14 heteroatoms. The molecule has 4 N–H and O–H groups in total. The number of aromatic nitrogens is 1. The second-order valence-corrected chi connectivity index (χ2v) is 14.1. The fourth-order valence-electron chi connectivity index (χ4n) is 5.67. The maximum atomic E-state index is 13.9. The van der Waals surface area contributed by atoms with E-state index in [0.717, 1.165) is 22.2 Å². The lowest BCUT2D eigenvalue weighted by molar-refractivity contribution is -0.124. The Bertz CT molecular complexity index is 1970. The van der Waals surface area contributed by atoms with Crippen molar-refractivity contribution in [3.63, 3.8) is 0 Å². The molecule has 0 spiro atoms. The van der Waals surface area contributed by atoms with Gasteiger partial charge in [0, 0.05) is 46.9 Å². The Labute approximate surface area is 289 Å². The number of fused-ring (bicyclic) bond motifs is 1. The first-order chi connectivity index (χ1) is 23.0. The average Bonchev–Trinajstić information content (AvgIpc) is 3.56. The number of para-hydroxylation sites is 1. The van der Waals surface area contributed by atoms with Crippen LogP contribution in [0.2, 0.25) is 10.0 Å². The number of nitrogens with one attached hydrogen (secondary N) is 2. The van der Waals surface area contributed by atoms with E-state index >= 15 is 0 Å². The Hall–Kier alpha value is -4.23. The number of rotatable bonds is 12. The van der Waals surface area contributed by atoms with Crippen LogP contribution in [-0.4, -0.2) is 61.4 Å². The largest absolute Gasteiger partial charge is 0.487 e. The van der Waals surface area contributed by atoms with E-state index in [-0.39, 0.29) is 40.5 Å². The number of carbonyl (C=O) groups is 2. The van der Waals surface area contributed by atoms with Gasteiger partial charge in [0.1, 0.15) is 28.8 Å². The van der Waals surface area contributed by atoms with Gasteiger partial charge in [0.2, 0.25) is 15.9 Å². The molecule has 48 heavy (non-hydrogen) atoms. The first-order valence-electron chi connectivity index (χ1n) is 15.4. The van der Waals surface area contributed by atoms with Crippen molar-refractivity contribution in [2.45, 2.75) is 50.7 Å². The van der Waals surface area contributed by atoms with E-state index < -0.39 is 22.0 Å². The molecule has 1 aromatic heterocycles. The third kappa shape index (κ3) is 7.73. The van der Waals surface area contributed by atoms with Crippen LogP contribution in [0.3, 0.4) is 0 Å². The van der Waals surface area contributed by atoms with Crippen LogP contribution in [0, 0.1) is 13.8 Å². The Balaban J connectivity index is 1.21.